The Labute approximate surface area is 178 Å². The van der Waals surface area contributed by atoms with E-state index in [1.165, 1.54) is 24.6 Å². The van der Waals surface area contributed by atoms with E-state index >= 15 is 0 Å². The van der Waals surface area contributed by atoms with Gasteiger partial charge in [0.1, 0.15) is 4.90 Å². The van der Waals surface area contributed by atoms with Gasteiger partial charge < -0.3 is 10.6 Å². The minimum absolute atomic E-state index is 0.0343. The Kier molecular flexibility index (Phi) is 8.08. The van der Waals surface area contributed by atoms with Crippen molar-refractivity contribution in [1.82, 2.24) is 15.4 Å². The van der Waals surface area contributed by atoms with Crippen molar-refractivity contribution in [2.45, 2.75) is 63.3 Å². The first-order valence-electron chi connectivity index (χ1n) is 9.89. The molecule has 2 rings (SSSR count). The van der Waals surface area contributed by atoms with Gasteiger partial charge in [-0.3, -0.25) is 9.59 Å². The Hall–Kier alpha value is -1.64. The molecule has 0 aromatic heterocycles. The fourth-order valence-corrected chi connectivity index (χ4v) is 5.23. The summed E-state index contributed by atoms with van der Waals surface area (Å²) >= 11 is 6.05. The van der Waals surface area contributed by atoms with Gasteiger partial charge in [-0.2, -0.15) is 0 Å². The van der Waals surface area contributed by atoms with Crippen LogP contribution in [0.3, 0.4) is 0 Å². The van der Waals surface area contributed by atoms with Gasteiger partial charge in [0.2, 0.25) is 15.9 Å². The lowest BCUT2D eigenvalue weighted by atomic mass is 9.89. The smallest absolute Gasteiger partial charge is 0.251 e. The van der Waals surface area contributed by atoms with Crippen molar-refractivity contribution in [1.29, 1.82) is 0 Å². The zero-order chi connectivity index (χ0) is 21.7. The predicted molar refractivity (Wildman–Crippen MR) is 113 cm³/mol. The predicted octanol–water partition coefficient (Wildman–Crippen LogP) is 2.84. The molecular weight excluding hydrogens is 414 g/mol. The molecule has 162 valence electrons. The molecule has 0 radical (unpaired) electrons. The maximum Gasteiger partial charge on any atom is 0.251 e. The van der Waals surface area contributed by atoms with E-state index in [4.69, 9.17) is 11.6 Å². The molecule has 0 saturated heterocycles. The van der Waals surface area contributed by atoms with Gasteiger partial charge in [0.25, 0.3) is 5.91 Å². The molecule has 9 heteroatoms. The highest BCUT2D eigenvalue weighted by atomic mass is 35.5. The standard InChI is InChI=1S/C20H30ClN3O4S/c1-20(2,3)24-29(27,28)17-13-15(9-10-16(17)21)19(26)23-12-11-22-18(25)14-7-5-4-6-8-14/h9-10,13-14,24H,4-8,11-12H2,1-3H3,(H,22,25)(H,23,26). The lowest BCUT2D eigenvalue weighted by Crippen LogP contribution is -2.40. The number of benzene rings is 1. The first-order chi connectivity index (χ1) is 13.5. The molecule has 7 nitrogen and oxygen atoms in total. The normalized spacial score (nSPS) is 15.7. The molecule has 0 atom stereocenters. The third-order valence-corrected chi connectivity index (χ3v) is 6.85. The Bertz CT molecular complexity index is 844. The Balaban J connectivity index is 1.93. The van der Waals surface area contributed by atoms with Crippen molar-refractivity contribution < 1.29 is 18.0 Å². The summed E-state index contributed by atoms with van der Waals surface area (Å²) in [7, 11) is -3.87. The number of amides is 2. The van der Waals surface area contributed by atoms with Crippen LogP contribution >= 0.6 is 11.6 Å². The number of hydrogen-bond acceptors (Lipinski definition) is 4. The fraction of sp³-hybridized carbons (Fsp3) is 0.600. The van der Waals surface area contributed by atoms with Crippen molar-refractivity contribution in [3.05, 3.63) is 28.8 Å². The van der Waals surface area contributed by atoms with Crippen LogP contribution in [0.1, 0.15) is 63.2 Å². The van der Waals surface area contributed by atoms with Gasteiger partial charge in [-0.1, -0.05) is 30.9 Å². The Morgan fingerprint density at radius 1 is 1.07 bits per heavy atom. The zero-order valence-corrected chi connectivity index (χ0v) is 18.8. The molecule has 0 aliphatic heterocycles. The molecule has 29 heavy (non-hydrogen) atoms. The van der Waals surface area contributed by atoms with E-state index in [0.29, 0.717) is 6.54 Å². The highest BCUT2D eigenvalue weighted by Gasteiger charge is 2.25. The molecule has 1 fully saturated rings. The van der Waals surface area contributed by atoms with Crippen LogP contribution in [0.25, 0.3) is 0 Å². The van der Waals surface area contributed by atoms with Gasteiger partial charge in [-0.25, -0.2) is 13.1 Å². The molecule has 3 N–H and O–H groups in total. The third-order valence-electron chi connectivity index (χ3n) is 4.61. The molecule has 1 saturated carbocycles. The minimum Gasteiger partial charge on any atom is -0.354 e. The van der Waals surface area contributed by atoms with Crippen molar-refractivity contribution in [3.8, 4) is 0 Å². The molecule has 1 aliphatic rings. The highest BCUT2D eigenvalue weighted by Crippen LogP contribution is 2.24. The van der Waals surface area contributed by atoms with Gasteiger partial charge in [-0.05, 0) is 51.8 Å². The van der Waals surface area contributed by atoms with E-state index in [2.05, 4.69) is 15.4 Å². The van der Waals surface area contributed by atoms with Gasteiger partial charge in [0, 0.05) is 30.1 Å². The topological polar surface area (TPSA) is 104 Å². The molecule has 1 aliphatic carbocycles. The van der Waals surface area contributed by atoms with Crippen LogP contribution in [-0.2, 0) is 14.8 Å². The summed E-state index contributed by atoms with van der Waals surface area (Å²) in [6.07, 6.45) is 5.19. The van der Waals surface area contributed by atoms with Crippen LogP contribution in [0, 0.1) is 5.92 Å². The molecule has 0 unspecified atom stereocenters. The number of sulfonamides is 1. The van der Waals surface area contributed by atoms with Crippen molar-refractivity contribution in [2.75, 3.05) is 13.1 Å². The van der Waals surface area contributed by atoms with E-state index in [1.54, 1.807) is 20.8 Å². The van der Waals surface area contributed by atoms with Crippen molar-refractivity contribution in [2.24, 2.45) is 5.92 Å². The second-order valence-electron chi connectivity index (χ2n) is 8.38. The van der Waals surface area contributed by atoms with Crippen molar-refractivity contribution in [3.63, 3.8) is 0 Å². The average Bonchev–Trinajstić information content (AvgIpc) is 2.63. The minimum atomic E-state index is -3.87. The van der Waals surface area contributed by atoms with E-state index in [-0.39, 0.29) is 33.9 Å². The summed E-state index contributed by atoms with van der Waals surface area (Å²) in [6.45, 7) is 5.73. The lowest BCUT2D eigenvalue weighted by Gasteiger charge is -2.21. The second kappa shape index (κ2) is 9.91. The number of carbonyl (C=O) groups is 2. The Morgan fingerprint density at radius 3 is 2.31 bits per heavy atom. The highest BCUT2D eigenvalue weighted by molar-refractivity contribution is 7.89. The summed E-state index contributed by atoms with van der Waals surface area (Å²) in [4.78, 5) is 24.3. The monoisotopic (exact) mass is 443 g/mol. The summed E-state index contributed by atoms with van der Waals surface area (Å²) in [6, 6.07) is 4.11. The van der Waals surface area contributed by atoms with Crippen molar-refractivity contribution >= 4 is 33.4 Å². The number of nitrogens with one attached hydrogen (secondary N) is 3. The van der Waals surface area contributed by atoms with Crippen LogP contribution in [0.5, 0.6) is 0 Å². The van der Waals surface area contributed by atoms with Crippen LogP contribution in [0.2, 0.25) is 5.02 Å². The fourth-order valence-electron chi connectivity index (χ4n) is 3.28. The number of halogens is 1. The largest absolute Gasteiger partial charge is 0.354 e. The van der Waals surface area contributed by atoms with Gasteiger partial charge in [0.15, 0.2) is 0 Å². The van der Waals surface area contributed by atoms with E-state index < -0.39 is 21.5 Å². The number of hydrogen-bond donors (Lipinski definition) is 3. The molecule has 2 amide bonds. The SMILES string of the molecule is CC(C)(C)NS(=O)(=O)c1cc(C(=O)NCCNC(=O)C2CCCCC2)ccc1Cl. The van der Waals surface area contributed by atoms with E-state index in [9.17, 15) is 18.0 Å². The molecule has 1 aromatic carbocycles. The number of carbonyl (C=O) groups excluding carboxylic acids is 2. The summed E-state index contributed by atoms with van der Waals surface area (Å²) < 4.78 is 27.6. The van der Waals surface area contributed by atoms with E-state index in [0.717, 1.165) is 25.7 Å². The molecule has 0 spiro atoms. The average molecular weight is 444 g/mol. The lowest BCUT2D eigenvalue weighted by molar-refractivity contribution is -0.125. The van der Waals surface area contributed by atoms with Gasteiger partial charge >= 0.3 is 0 Å². The molecule has 0 heterocycles. The third kappa shape index (κ3) is 7.28. The second-order valence-corrected chi connectivity index (χ2v) is 10.4. The van der Waals surface area contributed by atoms with Crippen LogP contribution < -0.4 is 15.4 Å². The summed E-state index contributed by atoms with van der Waals surface area (Å²) in [5.74, 6) is -0.327. The van der Waals surface area contributed by atoms with Gasteiger partial charge in [-0.15, -0.1) is 0 Å². The number of rotatable bonds is 7. The maximum absolute atomic E-state index is 12.6. The Morgan fingerprint density at radius 2 is 1.69 bits per heavy atom. The summed E-state index contributed by atoms with van der Waals surface area (Å²) in [5.41, 5.74) is -0.501. The molecule has 1 aromatic rings. The zero-order valence-electron chi connectivity index (χ0n) is 17.2. The first-order valence-corrected chi connectivity index (χ1v) is 11.8. The van der Waals surface area contributed by atoms with Crippen LogP contribution in [0.4, 0.5) is 0 Å². The first kappa shape index (κ1) is 23.6. The quantitative estimate of drug-likeness (QED) is 0.563. The van der Waals surface area contributed by atoms with Crippen LogP contribution in [-0.4, -0.2) is 38.9 Å². The van der Waals surface area contributed by atoms with Crippen LogP contribution in [0.15, 0.2) is 23.1 Å². The van der Waals surface area contributed by atoms with Gasteiger partial charge in [0.05, 0.1) is 5.02 Å². The maximum atomic E-state index is 12.6. The molecular formula is C20H30ClN3O4S. The van der Waals surface area contributed by atoms with E-state index in [1.807, 2.05) is 0 Å². The summed E-state index contributed by atoms with van der Waals surface area (Å²) in [5, 5.41) is 5.58. The molecule has 0 bridgehead atoms.